The average Bonchev–Trinajstić information content (AvgIpc) is 3.12. The molecule has 21 heavy (non-hydrogen) atoms. The first-order valence-corrected chi connectivity index (χ1v) is 7.63. The Morgan fingerprint density at radius 1 is 1.38 bits per heavy atom. The van der Waals surface area contributed by atoms with Crippen LogP contribution in [0.3, 0.4) is 0 Å². The second-order valence-corrected chi connectivity index (χ2v) is 5.58. The predicted molar refractivity (Wildman–Crippen MR) is 78.4 cm³/mol. The molecule has 0 fully saturated rings. The van der Waals surface area contributed by atoms with Crippen LogP contribution in [0, 0.1) is 0 Å². The highest BCUT2D eigenvalue weighted by molar-refractivity contribution is 7.09. The summed E-state index contributed by atoms with van der Waals surface area (Å²) in [6.07, 6.45) is 2.81. The summed E-state index contributed by atoms with van der Waals surface area (Å²) < 4.78 is 16.2. The standard InChI is InChI=1S/C15H15NO4S/c1-2-3-15-16-11(8-21-15)7-18-12-5-14-13(19-9-20-14)4-10(12)6-17/h4-6,8H,2-3,7,9H2,1H3. The van der Waals surface area contributed by atoms with Gasteiger partial charge in [-0.3, -0.25) is 4.79 Å². The number of carbonyl (C=O) groups excluding carboxylic acids is 1. The Kier molecular flexibility index (Phi) is 4.06. The smallest absolute Gasteiger partial charge is 0.231 e. The van der Waals surface area contributed by atoms with E-state index >= 15 is 0 Å². The van der Waals surface area contributed by atoms with Gasteiger partial charge in [-0.05, 0) is 18.9 Å². The van der Waals surface area contributed by atoms with E-state index in [9.17, 15) is 4.79 Å². The highest BCUT2D eigenvalue weighted by atomic mass is 32.1. The number of rotatable bonds is 6. The largest absolute Gasteiger partial charge is 0.486 e. The van der Waals surface area contributed by atoms with E-state index in [1.807, 2.05) is 5.38 Å². The molecule has 0 bridgehead atoms. The van der Waals surface area contributed by atoms with Crippen LogP contribution in [0.4, 0.5) is 0 Å². The van der Waals surface area contributed by atoms with Crippen molar-refractivity contribution in [2.75, 3.05) is 6.79 Å². The van der Waals surface area contributed by atoms with Crippen LogP contribution in [-0.2, 0) is 13.0 Å². The third-order valence-electron chi connectivity index (χ3n) is 3.07. The van der Waals surface area contributed by atoms with Gasteiger partial charge in [-0.1, -0.05) is 6.92 Å². The molecule has 0 saturated heterocycles. The van der Waals surface area contributed by atoms with E-state index in [1.165, 1.54) is 0 Å². The van der Waals surface area contributed by atoms with Gasteiger partial charge in [0.2, 0.25) is 6.79 Å². The number of ether oxygens (including phenoxy) is 3. The SMILES string of the molecule is CCCc1nc(COc2cc3c(cc2C=O)OCO3)cs1. The summed E-state index contributed by atoms with van der Waals surface area (Å²) in [6, 6.07) is 3.32. The van der Waals surface area contributed by atoms with Crippen molar-refractivity contribution in [1.29, 1.82) is 0 Å². The van der Waals surface area contributed by atoms with Gasteiger partial charge in [0.25, 0.3) is 0 Å². The third-order valence-corrected chi connectivity index (χ3v) is 4.03. The Bertz CT molecular complexity index is 653. The molecule has 3 rings (SSSR count). The van der Waals surface area contributed by atoms with Crippen LogP contribution in [0.2, 0.25) is 0 Å². The highest BCUT2D eigenvalue weighted by Gasteiger charge is 2.18. The minimum Gasteiger partial charge on any atom is -0.486 e. The number of hydrogen-bond donors (Lipinski definition) is 0. The Labute approximate surface area is 126 Å². The molecule has 2 aromatic rings. The first-order valence-electron chi connectivity index (χ1n) is 6.75. The maximum atomic E-state index is 11.1. The van der Waals surface area contributed by atoms with E-state index in [0.717, 1.165) is 29.8 Å². The lowest BCUT2D eigenvalue weighted by atomic mass is 10.2. The lowest BCUT2D eigenvalue weighted by Gasteiger charge is -2.08. The predicted octanol–water partition coefficient (Wildman–Crippen LogP) is 3.22. The summed E-state index contributed by atoms with van der Waals surface area (Å²) in [6.45, 7) is 2.63. The van der Waals surface area contributed by atoms with Crippen LogP contribution < -0.4 is 14.2 Å². The highest BCUT2D eigenvalue weighted by Crippen LogP contribution is 2.37. The van der Waals surface area contributed by atoms with Gasteiger partial charge in [-0.2, -0.15) is 0 Å². The molecule has 0 saturated carbocycles. The van der Waals surface area contributed by atoms with Crippen LogP contribution in [0.15, 0.2) is 17.5 Å². The second kappa shape index (κ2) is 6.13. The molecule has 110 valence electrons. The minimum atomic E-state index is 0.170. The van der Waals surface area contributed by atoms with Crippen LogP contribution in [0.25, 0.3) is 0 Å². The quantitative estimate of drug-likeness (QED) is 0.767. The van der Waals surface area contributed by atoms with Gasteiger partial charge in [0, 0.05) is 11.4 Å². The molecule has 0 N–H and O–H groups in total. The Hall–Kier alpha value is -2.08. The van der Waals surface area contributed by atoms with Gasteiger partial charge in [0.15, 0.2) is 17.8 Å². The van der Waals surface area contributed by atoms with Crippen molar-refractivity contribution >= 4 is 17.6 Å². The van der Waals surface area contributed by atoms with E-state index < -0.39 is 0 Å². The number of aldehydes is 1. The maximum Gasteiger partial charge on any atom is 0.231 e. The van der Waals surface area contributed by atoms with E-state index in [2.05, 4.69) is 11.9 Å². The van der Waals surface area contributed by atoms with Crippen LogP contribution >= 0.6 is 11.3 Å². The van der Waals surface area contributed by atoms with Crippen molar-refractivity contribution in [1.82, 2.24) is 4.98 Å². The van der Waals surface area contributed by atoms with Crippen LogP contribution in [0.1, 0.15) is 34.4 Å². The number of benzene rings is 1. The summed E-state index contributed by atoms with van der Waals surface area (Å²) in [5.74, 6) is 1.66. The number of fused-ring (bicyclic) bond motifs is 1. The number of nitrogens with zero attached hydrogens (tertiary/aromatic N) is 1. The normalized spacial score (nSPS) is 12.4. The number of aryl methyl sites for hydroxylation is 1. The van der Waals surface area contributed by atoms with Gasteiger partial charge in [0.05, 0.1) is 16.3 Å². The Morgan fingerprint density at radius 2 is 2.19 bits per heavy atom. The molecule has 0 atom stereocenters. The van der Waals surface area contributed by atoms with Gasteiger partial charge < -0.3 is 14.2 Å². The topological polar surface area (TPSA) is 57.7 Å². The molecule has 0 spiro atoms. The summed E-state index contributed by atoms with van der Waals surface area (Å²) in [5.41, 5.74) is 1.32. The van der Waals surface area contributed by atoms with Crippen molar-refractivity contribution in [2.24, 2.45) is 0 Å². The van der Waals surface area contributed by atoms with Crippen molar-refractivity contribution < 1.29 is 19.0 Å². The molecule has 0 unspecified atom stereocenters. The number of hydrogen-bond acceptors (Lipinski definition) is 6. The zero-order chi connectivity index (χ0) is 14.7. The molecule has 1 aliphatic rings. The second-order valence-electron chi connectivity index (χ2n) is 4.63. The molecule has 1 aliphatic heterocycles. The van der Waals surface area contributed by atoms with Gasteiger partial charge >= 0.3 is 0 Å². The molecule has 0 aliphatic carbocycles. The molecule has 2 heterocycles. The molecular formula is C15H15NO4S. The number of carbonyl (C=O) groups is 1. The third kappa shape index (κ3) is 3.00. The Balaban J connectivity index is 1.73. The first kappa shape index (κ1) is 13.9. The summed E-state index contributed by atoms with van der Waals surface area (Å²) >= 11 is 1.63. The first-order chi connectivity index (χ1) is 10.3. The molecule has 0 radical (unpaired) electrons. The molecule has 6 heteroatoms. The van der Waals surface area contributed by atoms with E-state index in [0.29, 0.717) is 29.4 Å². The molecule has 5 nitrogen and oxygen atoms in total. The number of aromatic nitrogens is 1. The van der Waals surface area contributed by atoms with Gasteiger partial charge in [-0.15, -0.1) is 11.3 Å². The summed E-state index contributed by atoms with van der Waals surface area (Å²) in [4.78, 5) is 15.6. The molecular weight excluding hydrogens is 290 g/mol. The zero-order valence-corrected chi connectivity index (χ0v) is 12.4. The summed E-state index contributed by atoms with van der Waals surface area (Å²) in [5, 5.41) is 3.09. The van der Waals surface area contributed by atoms with E-state index in [1.54, 1.807) is 23.5 Å². The van der Waals surface area contributed by atoms with Crippen molar-refractivity contribution in [2.45, 2.75) is 26.4 Å². The molecule has 1 aromatic carbocycles. The monoisotopic (exact) mass is 305 g/mol. The van der Waals surface area contributed by atoms with Crippen LogP contribution in [-0.4, -0.2) is 18.1 Å². The van der Waals surface area contributed by atoms with Crippen molar-refractivity contribution in [3.8, 4) is 17.2 Å². The fourth-order valence-electron chi connectivity index (χ4n) is 2.05. The van der Waals surface area contributed by atoms with E-state index in [-0.39, 0.29) is 6.79 Å². The lowest BCUT2D eigenvalue weighted by Crippen LogP contribution is -1.99. The van der Waals surface area contributed by atoms with Crippen molar-refractivity contribution in [3.05, 3.63) is 33.8 Å². The number of thiazole rings is 1. The lowest BCUT2D eigenvalue weighted by molar-refractivity contribution is 0.111. The van der Waals surface area contributed by atoms with Crippen molar-refractivity contribution in [3.63, 3.8) is 0 Å². The minimum absolute atomic E-state index is 0.170. The fourth-order valence-corrected chi connectivity index (χ4v) is 2.94. The Morgan fingerprint density at radius 3 is 2.95 bits per heavy atom. The molecule has 1 aromatic heterocycles. The zero-order valence-electron chi connectivity index (χ0n) is 11.6. The summed E-state index contributed by atoms with van der Waals surface area (Å²) in [7, 11) is 0. The average molecular weight is 305 g/mol. The maximum absolute atomic E-state index is 11.1. The van der Waals surface area contributed by atoms with Gasteiger partial charge in [0.1, 0.15) is 12.4 Å². The fraction of sp³-hybridized carbons (Fsp3) is 0.333. The molecule has 0 amide bonds. The van der Waals surface area contributed by atoms with Crippen LogP contribution in [0.5, 0.6) is 17.2 Å². The van der Waals surface area contributed by atoms with Gasteiger partial charge in [-0.25, -0.2) is 4.98 Å². The van der Waals surface area contributed by atoms with E-state index in [4.69, 9.17) is 14.2 Å².